The lowest BCUT2D eigenvalue weighted by atomic mass is 9.66. The molecule has 0 radical (unpaired) electrons. The lowest BCUT2D eigenvalue weighted by molar-refractivity contribution is 0.436. The summed E-state index contributed by atoms with van der Waals surface area (Å²) in [6.45, 7) is 0. The summed E-state index contributed by atoms with van der Waals surface area (Å²) in [4.78, 5) is 19.4. The average molecular weight is 793 g/mol. The van der Waals surface area contributed by atoms with Crippen molar-refractivity contribution in [2.75, 3.05) is 0 Å². The molecule has 0 bridgehead atoms. The maximum Gasteiger partial charge on any atom is 0.164 e. The van der Waals surface area contributed by atoms with E-state index in [1.807, 2.05) is 73.1 Å². The maximum absolute atomic E-state index is 6.67. The third-order valence-electron chi connectivity index (χ3n) is 12.3. The maximum atomic E-state index is 6.67. The first-order valence-corrected chi connectivity index (χ1v) is 20.9. The number of para-hydroxylation sites is 2. The molecular formula is C57H36N4O. The summed E-state index contributed by atoms with van der Waals surface area (Å²) >= 11 is 0. The number of benzene rings is 8. The molecule has 1 aliphatic heterocycles. The minimum absolute atomic E-state index is 0.608. The van der Waals surface area contributed by atoms with Crippen LogP contribution in [-0.2, 0) is 5.41 Å². The molecule has 0 N–H and O–H groups in total. The molecule has 2 aliphatic rings. The highest BCUT2D eigenvalue weighted by Gasteiger charge is 2.52. The molecule has 8 aromatic carbocycles. The van der Waals surface area contributed by atoms with Gasteiger partial charge in [-0.2, -0.15) is 0 Å². The Labute approximate surface area is 359 Å². The molecule has 5 heteroatoms. The summed E-state index contributed by atoms with van der Waals surface area (Å²) in [7, 11) is 0. The van der Waals surface area contributed by atoms with E-state index in [2.05, 4.69) is 151 Å². The Hall–Kier alpha value is -8.28. The van der Waals surface area contributed by atoms with Gasteiger partial charge in [0.05, 0.1) is 5.41 Å². The number of pyridine rings is 1. The van der Waals surface area contributed by atoms with Crippen molar-refractivity contribution in [2.24, 2.45) is 0 Å². The molecule has 5 nitrogen and oxygen atoms in total. The topological polar surface area (TPSA) is 60.8 Å². The molecule has 0 saturated carbocycles. The van der Waals surface area contributed by atoms with Crippen molar-refractivity contribution in [1.29, 1.82) is 0 Å². The molecule has 2 aromatic heterocycles. The predicted octanol–water partition coefficient (Wildman–Crippen LogP) is 13.7. The lowest BCUT2D eigenvalue weighted by Gasteiger charge is -2.39. The molecule has 0 saturated heterocycles. The van der Waals surface area contributed by atoms with Crippen LogP contribution in [0.2, 0.25) is 0 Å². The second kappa shape index (κ2) is 14.5. The van der Waals surface area contributed by atoms with Crippen LogP contribution < -0.4 is 4.74 Å². The van der Waals surface area contributed by atoms with Crippen molar-refractivity contribution < 1.29 is 4.74 Å². The second-order valence-electron chi connectivity index (χ2n) is 15.7. The SMILES string of the molecule is c1ccc(-c2nc(-c3ccccc3)nc(-c3cccc(-c4cccc(-c5cccc6c5-c5c(-c7ccncc7)cccc5C65c6ccccc6Oc6ccccc65)c4)c3)n2)cc1. The Morgan fingerprint density at radius 3 is 1.27 bits per heavy atom. The number of nitrogens with zero attached hydrogens (tertiary/aromatic N) is 4. The van der Waals surface area contributed by atoms with Crippen molar-refractivity contribution in [2.45, 2.75) is 5.41 Å². The van der Waals surface area contributed by atoms with Crippen LogP contribution in [0, 0.1) is 0 Å². The van der Waals surface area contributed by atoms with Crippen molar-refractivity contribution in [1.82, 2.24) is 19.9 Å². The molecule has 12 rings (SSSR count). The lowest BCUT2D eigenvalue weighted by Crippen LogP contribution is -2.32. The number of hydrogen-bond donors (Lipinski definition) is 0. The van der Waals surface area contributed by atoms with E-state index in [9.17, 15) is 0 Å². The Balaban J connectivity index is 1.04. The summed E-state index contributed by atoms with van der Waals surface area (Å²) in [6.07, 6.45) is 3.76. The molecule has 0 amide bonds. The second-order valence-corrected chi connectivity index (χ2v) is 15.7. The van der Waals surface area contributed by atoms with Crippen LogP contribution in [0.15, 0.2) is 219 Å². The molecule has 290 valence electrons. The van der Waals surface area contributed by atoms with Gasteiger partial charge in [-0.1, -0.05) is 170 Å². The van der Waals surface area contributed by atoms with Crippen LogP contribution in [0.25, 0.3) is 78.7 Å². The molecule has 0 unspecified atom stereocenters. The van der Waals surface area contributed by atoms with E-state index in [0.717, 1.165) is 61.6 Å². The fourth-order valence-electron chi connectivity index (χ4n) is 9.64. The zero-order valence-electron chi connectivity index (χ0n) is 33.5. The highest BCUT2D eigenvalue weighted by Crippen LogP contribution is 2.64. The van der Waals surface area contributed by atoms with Crippen molar-refractivity contribution in [3.05, 3.63) is 241 Å². The number of ether oxygens (including phenoxy) is 1. The molecular weight excluding hydrogens is 757 g/mol. The summed E-state index contributed by atoms with van der Waals surface area (Å²) in [5.74, 6) is 3.64. The quantitative estimate of drug-likeness (QED) is 0.168. The highest BCUT2D eigenvalue weighted by atomic mass is 16.5. The van der Waals surface area contributed by atoms with Gasteiger partial charge in [-0.25, -0.2) is 15.0 Å². The first kappa shape index (κ1) is 35.6. The van der Waals surface area contributed by atoms with Gasteiger partial charge in [0.1, 0.15) is 11.5 Å². The Kier molecular flexibility index (Phi) is 8.32. The van der Waals surface area contributed by atoms with Crippen LogP contribution in [0.5, 0.6) is 11.5 Å². The van der Waals surface area contributed by atoms with Gasteiger partial charge in [-0.3, -0.25) is 4.98 Å². The zero-order chi connectivity index (χ0) is 41.0. The summed E-state index contributed by atoms with van der Waals surface area (Å²) in [5.41, 5.74) is 16.1. The first-order valence-electron chi connectivity index (χ1n) is 20.9. The van der Waals surface area contributed by atoms with Crippen molar-refractivity contribution in [3.63, 3.8) is 0 Å². The predicted molar refractivity (Wildman–Crippen MR) is 248 cm³/mol. The fourth-order valence-corrected chi connectivity index (χ4v) is 9.64. The Morgan fingerprint density at radius 2 is 0.710 bits per heavy atom. The summed E-state index contributed by atoms with van der Waals surface area (Å²) in [6, 6.07) is 72.5. The number of aromatic nitrogens is 4. The standard InChI is InChI=1S/C57H36N4O/c1-3-15-38(16-4-1)54-59-55(39-17-5-2-6-18-39)61-56(60-54)43-22-12-20-41(36-43)40-19-11-21-42(35-40)45-24-14-28-49-53(45)52-44(37-31-33-58-34-32-37)23-13-27-48(52)57(49)46-25-7-9-29-50(46)62-51-30-10-8-26-47(51)57/h1-36H. The highest BCUT2D eigenvalue weighted by molar-refractivity contribution is 6.02. The van der Waals surface area contributed by atoms with Crippen LogP contribution in [0.1, 0.15) is 22.3 Å². The molecule has 62 heavy (non-hydrogen) atoms. The van der Waals surface area contributed by atoms with E-state index in [-0.39, 0.29) is 0 Å². The first-order chi connectivity index (χ1) is 30.7. The molecule has 1 aliphatic carbocycles. The van der Waals surface area contributed by atoms with E-state index in [0.29, 0.717) is 17.5 Å². The summed E-state index contributed by atoms with van der Waals surface area (Å²) < 4.78 is 6.67. The van der Waals surface area contributed by atoms with Gasteiger partial charge in [-0.05, 0) is 92.0 Å². The third-order valence-corrected chi connectivity index (χ3v) is 12.3. The minimum atomic E-state index is -0.608. The monoisotopic (exact) mass is 792 g/mol. The van der Waals surface area contributed by atoms with Crippen LogP contribution in [0.3, 0.4) is 0 Å². The fraction of sp³-hybridized carbons (Fsp3) is 0.0175. The third kappa shape index (κ3) is 5.63. The van der Waals surface area contributed by atoms with Gasteiger partial charge < -0.3 is 4.74 Å². The number of hydrogen-bond acceptors (Lipinski definition) is 5. The van der Waals surface area contributed by atoms with Crippen LogP contribution >= 0.6 is 0 Å². The van der Waals surface area contributed by atoms with Gasteiger partial charge in [0.2, 0.25) is 0 Å². The van der Waals surface area contributed by atoms with Gasteiger partial charge >= 0.3 is 0 Å². The van der Waals surface area contributed by atoms with E-state index in [4.69, 9.17) is 19.7 Å². The van der Waals surface area contributed by atoms with E-state index < -0.39 is 5.41 Å². The Bertz CT molecular complexity index is 3230. The van der Waals surface area contributed by atoms with Gasteiger partial charge in [-0.15, -0.1) is 0 Å². The van der Waals surface area contributed by atoms with E-state index in [1.54, 1.807) is 0 Å². The molecule has 1 spiro atoms. The molecule has 0 atom stereocenters. The van der Waals surface area contributed by atoms with Gasteiger partial charge in [0.15, 0.2) is 17.5 Å². The van der Waals surface area contributed by atoms with Crippen molar-refractivity contribution in [3.8, 4) is 90.2 Å². The van der Waals surface area contributed by atoms with E-state index >= 15 is 0 Å². The van der Waals surface area contributed by atoms with Crippen molar-refractivity contribution >= 4 is 0 Å². The largest absolute Gasteiger partial charge is 0.457 e. The molecule has 10 aromatic rings. The number of fused-ring (bicyclic) bond motifs is 9. The van der Waals surface area contributed by atoms with E-state index in [1.165, 1.54) is 33.4 Å². The normalized spacial score (nSPS) is 12.8. The summed E-state index contributed by atoms with van der Waals surface area (Å²) in [5, 5.41) is 0. The Morgan fingerprint density at radius 1 is 0.306 bits per heavy atom. The van der Waals surface area contributed by atoms with Gasteiger partial charge in [0.25, 0.3) is 0 Å². The van der Waals surface area contributed by atoms with Crippen LogP contribution in [-0.4, -0.2) is 19.9 Å². The number of rotatable bonds is 6. The zero-order valence-corrected chi connectivity index (χ0v) is 33.5. The molecule has 3 heterocycles. The minimum Gasteiger partial charge on any atom is -0.457 e. The van der Waals surface area contributed by atoms with Crippen LogP contribution in [0.4, 0.5) is 0 Å². The molecule has 0 fully saturated rings. The smallest absolute Gasteiger partial charge is 0.164 e. The average Bonchev–Trinajstić information content (AvgIpc) is 3.65. The van der Waals surface area contributed by atoms with Gasteiger partial charge in [0, 0.05) is 40.2 Å².